The van der Waals surface area contributed by atoms with Crippen molar-refractivity contribution in [2.24, 2.45) is 5.73 Å². The maximum Gasteiger partial charge on any atom is 0.253 e. The number of nitrogens with two attached hydrogens (primary N) is 1. The Bertz CT molecular complexity index is 636. The van der Waals surface area contributed by atoms with Gasteiger partial charge in [0.25, 0.3) is 5.91 Å². The lowest BCUT2D eigenvalue weighted by molar-refractivity contribution is -0.126. The minimum absolute atomic E-state index is 0. The topological polar surface area (TPSA) is 90.1 Å². The molecule has 0 unspecified atom stereocenters. The van der Waals surface area contributed by atoms with Crippen LogP contribution in [-0.2, 0) is 9.53 Å². The second-order valence-electron chi connectivity index (χ2n) is 5.21. The minimum atomic E-state index is -0.442. The average Bonchev–Trinajstić information content (AvgIpc) is 3.06. The van der Waals surface area contributed by atoms with Gasteiger partial charge in [0.1, 0.15) is 6.10 Å². The second kappa shape index (κ2) is 8.01. The van der Waals surface area contributed by atoms with Crippen LogP contribution in [0.15, 0.2) is 42.7 Å². The highest BCUT2D eigenvalue weighted by molar-refractivity contribution is 5.94. The van der Waals surface area contributed by atoms with Crippen molar-refractivity contribution in [3.05, 3.63) is 42.7 Å². The molecule has 1 aliphatic rings. The molecule has 1 fully saturated rings. The van der Waals surface area contributed by atoms with Crippen LogP contribution < -0.4 is 11.1 Å². The maximum atomic E-state index is 12.1. The highest BCUT2D eigenvalue weighted by atomic mass is 35.5. The molecule has 3 rings (SSSR count). The van der Waals surface area contributed by atoms with Gasteiger partial charge in [0.2, 0.25) is 0 Å². The van der Waals surface area contributed by atoms with Crippen LogP contribution in [0, 0.1) is 0 Å². The van der Waals surface area contributed by atoms with Crippen molar-refractivity contribution < 1.29 is 9.53 Å². The summed E-state index contributed by atoms with van der Waals surface area (Å²) in [6.45, 7) is 0.443. The van der Waals surface area contributed by atoms with E-state index in [4.69, 9.17) is 10.5 Å². The van der Waals surface area contributed by atoms with Crippen molar-refractivity contribution >= 4 is 24.0 Å². The van der Waals surface area contributed by atoms with Crippen molar-refractivity contribution in [1.29, 1.82) is 0 Å². The van der Waals surface area contributed by atoms with Crippen LogP contribution in [0.3, 0.4) is 0 Å². The molecule has 2 heterocycles. The number of anilines is 1. The summed E-state index contributed by atoms with van der Waals surface area (Å²) in [5, 5.41) is 2.78. The van der Waals surface area contributed by atoms with Gasteiger partial charge in [-0.3, -0.25) is 4.79 Å². The molecule has 0 radical (unpaired) electrons. The second-order valence-corrected chi connectivity index (χ2v) is 5.21. The predicted octanol–water partition coefficient (Wildman–Crippen LogP) is 2.01. The number of carbonyl (C=O) groups excluding carboxylic acids is 1. The van der Waals surface area contributed by atoms with E-state index in [2.05, 4.69) is 15.3 Å². The molecule has 1 amide bonds. The van der Waals surface area contributed by atoms with Gasteiger partial charge in [-0.15, -0.1) is 12.4 Å². The molecule has 1 saturated heterocycles. The van der Waals surface area contributed by atoms with E-state index in [0.29, 0.717) is 24.5 Å². The monoisotopic (exact) mass is 334 g/mol. The van der Waals surface area contributed by atoms with Gasteiger partial charge in [-0.25, -0.2) is 9.97 Å². The van der Waals surface area contributed by atoms with Gasteiger partial charge < -0.3 is 15.8 Å². The molecule has 1 aliphatic heterocycles. The van der Waals surface area contributed by atoms with E-state index in [-0.39, 0.29) is 24.4 Å². The Labute approximate surface area is 140 Å². The van der Waals surface area contributed by atoms with E-state index >= 15 is 0 Å². The Balaban J connectivity index is 0.00000192. The van der Waals surface area contributed by atoms with Crippen LogP contribution in [-0.4, -0.2) is 34.6 Å². The molecular weight excluding hydrogens is 316 g/mol. The Morgan fingerprint density at radius 3 is 2.52 bits per heavy atom. The van der Waals surface area contributed by atoms with E-state index in [0.717, 1.165) is 12.0 Å². The molecule has 0 aliphatic carbocycles. The number of ether oxygens (including phenoxy) is 1. The lowest BCUT2D eigenvalue weighted by Crippen LogP contribution is -2.29. The Morgan fingerprint density at radius 1 is 1.22 bits per heavy atom. The van der Waals surface area contributed by atoms with Gasteiger partial charge in [0.15, 0.2) is 5.82 Å². The molecule has 0 spiro atoms. The lowest BCUT2D eigenvalue weighted by atomic mass is 10.2. The molecule has 7 heteroatoms. The summed E-state index contributed by atoms with van der Waals surface area (Å²) < 4.78 is 5.56. The highest BCUT2D eigenvalue weighted by Gasteiger charge is 2.29. The number of halogens is 1. The van der Waals surface area contributed by atoms with Gasteiger partial charge in [0.05, 0.1) is 24.2 Å². The molecule has 2 aromatic rings. The van der Waals surface area contributed by atoms with Gasteiger partial charge >= 0.3 is 0 Å². The number of hydrogen-bond acceptors (Lipinski definition) is 5. The molecule has 122 valence electrons. The Hall–Kier alpha value is -2.02. The quantitative estimate of drug-likeness (QED) is 0.892. The number of nitrogens with one attached hydrogen (secondary N) is 1. The fourth-order valence-electron chi connectivity index (χ4n) is 2.42. The van der Waals surface area contributed by atoms with E-state index in [1.165, 1.54) is 0 Å². The molecule has 2 atom stereocenters. The number of benzene rings is 1. The smallest absolute Gasteiger partial charge is 0.253 e. The Kier molecular flexibility index (Phi) is 6.04. The van der Waals surface area contributed by atoms with Crippen LogP contribution in [0.5, 0.6) is 0 Å². The highest BCUT2D eigenvalue weighted by Crippen LogP contribution is 2.20. The van der Waals surface area contributed by atoms with Gasteiger partial charge in [-0.2, -0.15) is 0 Å². The Morgan fingerprint density at radius 2 is 1.91 bits per heavy atom. The number of aromatic nitrogens is 2. The summed E-state index contributed by atoms with van der Waals surface area (Å²) in [6, 6.07) is 9.67. The first-order valence-corrected chi connectivity index (χ1v) is 7.30. The van der Waals surface area contributed by atoms with Gasteiger partial charge in [-0.1, -0.05) is 30.3 Å². The molecule has 23 heavy (non-hydrogen) atoms. The largest absolute Gasteiger partial charge is 0.364 e. The summed E-state index contributed by atoms with van der Waals surface area (Å²) in [6.07, 6.45) is 4.25. The molecule has 0 bridgehead atoms. The normalized spacial score (nSPS) is 19.9. The average molecular weight is 335 g/mol. The van der Waals surface area contributed by atoms with E-state index in [1.54, 1.807) is 12.4 Å². The zero-order valence-corrected chi connectivity index (χ0v) is 13.3. The molecular formula is C16H19ClN4O2. The number of carbonyl (C=O) groups is 1. The van der Waals surface area contributed by atoms with Gasteiger partial charge in [0, 0.05) is 12.1 Å². The van der Waals surface area contributed by atoms with Crippen LogP contribution in [0.1, 0.15) is 12.8 Å². The van der Waals surface area contributed by atoms with Crippen LogP contribution >= 0.6 is 12.4 Å². The standard InChI is InChI=1S/C16H18N4O2.ClH/c17-8-13-6-7-14(22-13)16(21)20-12-9-18-15(19-10-12)11-4-2-1-3-5-11;/h1-5,9-10,13-14H,6-8,17H2,(H,20,21);1H/t13-,14+;/m1./s1. The van der Waals surface area contributed by atoms with Crippen molar-refractivity contribution in [3.8, 4) is 11.4 Å². The first kappa shape index (κ1) is 17.3. The number of nitrogens with zero attached hydrogens (tertiary/aromatic N) is 2. The third kappa shape index (κ3) is 4.25. The summed E-state index contributed by atoms with van der Waals surface area (Å²) >= 11 is 0. The van der Waals surface area contributed by atoms with E-state index in [9.17, 15) is 4.79 Å². The summed E-state index contributed by atoms with van der Waals surface area (Å²) in [4.78, 5) is 20.6. The SMILES string of the molecule is Cl.NC[C@H]1CC[C@@H](C(=O)Nc2cnc(-c3ccccc3)nc2)O1. The lowest BCUT2D eigenvalue weighted by Gasteiger charge is -2.12. The first-order chi connectivity index (χ1) is 10.8. The van der Waals surface area contributed by atoms with Crippen molar-refractivity contribution in [2.75, 3.05) is 11.9 Å². The first-order valence-electron chi connectivity index (χ1n) is 7.30. The van der Waals surface area contributed by atoms with Crippen molar-refractivity contribution in [1.82, 2.24) is 9.97 Å². The third-order valence-electron chi connectivity index (χ3n) is 3.61. The number of hydrogen-bond donors (Lipinski definition) is 2. The zero-order valence-electron chi connectivity index (χ0n) is 12.5. The molecule has 1 aromatic carbocycles. The van der Waals surface area contributed by atoms with Crippen molar-refractivity contribution in [3.63, 3.8) is 0 Å². The third-order valence-corrected chi connectivity index (χ3v) is 3.61. The van der Waals surface area contributed by atoms with Crippen LogP contribution in [0.2, 0.25) is 0 Å². The van der Waals surface area contributed by atoms with Gasteiger partial charge in [-0.05, 0) is 12.8 Å². The summed E-state index contributed by atoms with van der Waals surface area (Å²) in [5.74, 6) is 0.450. The van der Waals surface area contributed by atoms with E-state index in [1.807, 2.05) is 30.3 Å². The maximum absolute atomic E-state index is 12.1. The summed E-state index contributed by atoms with van der Waals surface area (Å²) in [5.41, 5.74) is 7.04. The van der Waals surface area contributed by atoms with Crippen LogP contribution in [0.25, 0.3) is 11.4 Å². The fraction of sp³-hybridized carbons (Fsp3) is 0.312. The minimum Gasteiger partial charge on any atom is -0.364 e. The summed E-state index contributed by atoms with van der Waals surface area (Å²) in [7, 11) is 0. The van der Waals surface area contributed by atoms with Crippen LogP contribution in [0.4, 0.5) is 5.69 Å². The zero-order chi connectivity index (χ0) is 15.4. The molecule has 6 nitrogen and oxygen atoms in total. The number of rotatable bonds is 4. The predicted molar refractivity (Wildman–Crippen MR) is 90.3 cm³/mol. The van der Waals surface area contributed by atoms with E-state index < -0.39 is 6.10 Å². The molecule has 0 saturated carbocycles. The fourth-order valence-corrected chi connectivity index (χ4v) is 2.42. The van der Waals surface area contributed by atoms with Crippen molar-refractivity contribution in [2.45, 2.75) is 25.0 Å². The molecule has 3 N–H and O–H groups in total. The molecule has 1 aromatic heterocycles. The number of amides is 1.